The highest BCUT2D eigenvalue weighted by Gasteiger charge is 2.18. The van der Waals surface area contributed by atoms with Crippen LogP contribution in [0.4, 0.5) is 5.69 Å². The van der Waals surface area contributed by atoms with Gasteiger partial charge in [-0.3, -0.25) is 10.1 Å². The molecule has 0 unspecified atom stereocenters. The van der Waals surface area contributed by atoms with Crippen LogP contribution in [-0.4, -0.2) is 20.0 Å². The molecule has 0 aliphatic heterocycles. The molecule has 104 valence electrons. The van der Waals surface area contributed by atoms with Gasteiger partial charge in [0.05, 0.1) is 15.9 Å². The minimum absolute atomic E-state index is 0.0578. The fraction of sp³-hybridized carbons (Fsp3) is 0.231. The van der Waals surface area contributed by atoms with E-state index in [2.05, 4.69) is 9.97 Å². The molecular weight excluding hydrogens is 278 g/mol. The Morgan fingerprint density at radius 2 is 2.00 bits per heavy atom. The van der Waals surface area contributed by atoms with Gasteiger partial charge >= 0.3 is 0 Å². The van der Waals surface area contributed by atoms with Crippen LogP contribution in [-0.2, 0) is 0 Å². The molecule has 1 aromatic carbocycles. The summed E-state index contributed by atoms with van der Waals surface area (Å²) in [6.07, 6.45) is 2.57. The van der Waals surface area contributed by atoms with Crippen molar-refractivity contribution >= 4 is 17.4 Å². The lowest BCUT2D eigenvalue weighted by Gasteiger charge is -2.07. The summed E-state index contributed by atoms with van der Waals surface area (Å²) in [6, 6.07) is 4.64. The number of aromatic nitrogens is 2. The molecule has 0 saturated carbocycles. The van der Waals surface area contributed by atoms with Gasteiger partial charge in [0.25, 0.3) is 5.69 Å². The molecule has 0 aliphatic rings. The topological polar surface area (TPSA) is 89.2 Å². The van der Waals surface area contributed by atoms with Crippen molar-refractivity contribution in [2.45, 2.75) is 30.0 Å². The van der Waals surface area contributed by atoms with E-state index in [1.807, 2.05) is 6.92 Å². The molecule has 0 fully saturated rings. The predicted octanol–water partition coefficient (Wildman–Crippen LogP) is 2.90. The van der Waals surface area contributed by atoms with Gasteiger partial charge in [-0.25, -0.2) is 9.97 Å². The van der Waals surface area contributed by atoms with Gasteiger partial charge in [-0.2, -0.15) is 0 Å². The Labute approximate surface area is 120 Å². The van der Waals surface area contributed by atoms with Crippen LogP contribution in [0.5, 0.6) is 0 Å². The van der Waals surface area contributed by atoms with Gasteiger partial charge < -0.3 is 5.11 Å². The third-order valence-corrected chi connectivity index (χ3v) is 3.58. The number of hydrogen-bond acceptors (Lipinski definition) is 6. The summed E-state index contributed by atoms with van der Waals surface area (Å²) in [6.45, 7) is 3.43. The average molecular weight is 291 g/mol. The van der Waals surface area contributed by atoms with Crippen LogP contribution < -0.4 is 0 Å². The minimum atomic E-state index is -0.747. The molecular formula is C13H13N3O3S. The third kappa shape index (κ3) is 3.31. The summed E-state index contributed by atoms with van der Waals surface area (Å²) in [5.41, 5.74) is 1.37. The second-order valence-corrected chi connectivity index (χ2v) is 5.31. The highest BCUT2D eigenvalue weighted by atomic mass is 32.2. The van der Waals surface area contributed by atoms with Crippen LogP contribution in [0.2, 0.25) is 0 Å². The highest BCUT2D eigenvalue weighted by molar-refractivity contribution is 7.99. The van der Waals surface area contributed by atoms with Crippen molar-refractivity contribution in [1.29, 1.82) is 0 Å². The molecule has 0 bridgehead atoms. The van der Waals surface area contributed by atoms with E-state index in [1.54, 1.807) is 31.5 Å². The van der Waals surface area contributed by atoms with Crippen molar-refractivity contribution in [3.05, 3.63) is 51.8 Å². The molecule has 6 nitrogen and oxygen atoms in total. The number of benzene rings is 1. The maximum atomic E-state index is 11.1. The van der Waals surface area contributed by atoms with Crippen molar-refractivity contribution in [1.82, 2.24) is 9.97 Å². The molecule has 0 radical (unpaired) electrons. The van der Waals surface area contributed by atoms with E-state index < -0.39 is 11.0 Å². The summed E-state index contributed by atoms with van der Waals surface area (Å²) in [7, 11) is 0. The number of nitro groups is 1. The Morgan fingerprint density at radius 3 is 2.55 bits per heavy atom. The van der Waals surface area contributed by atoms with Crippen LogP contribution in [0.1, 0.15) is 24.2 Å². The van der Waals surface area contributed by atoms with Crippen LogP contribution in [0, 0.1) is 17.0 Å². The van der Waals surface area contributed by atoms with Crippen LogP contribution in [0.3, 0.4) is 0 Å². The van der Waals surface area contributed by atoms with Crippen molar-refractivity contribution in [2.75, 3.05) is 0 Å². The van der Waals surface area contributed by atoms with Crippen molar-refractivity contribution < 1.29 is 10.0 Å². The van der Waals surface area contributed by atoms with Crippen LogP contribution >= 0.6 is 11.8 Å². The number of rotatable bonds is 4. The van der Waals surface area contributed by atoms with Crippen molar-refractivity contribution in [3.63, 3.8) is 0 Å². The SMILES string of the molecule is Cc1cnc(Sc2ccc([C@@H](C)O)cc2[N+](=O)[O-])nc1. The molecule has 20 heavy (non-hydrogen) atoms. The zero-order valence-electron chi connectivity index (χ0n) is 11.0. The molecule has 2 rings (SSSR count). The molecule has 1 N–H and O–H groups in total. The number of nitrogens with zero attached hydrogens (tertiary/aromatic N) is 3. The molecule has 0 amide bonds. The summed E-state index contributed by atoms with van der Waals surface area (Å²) < 4.78 is 0. The van der Waals surface area contributed by atoms with Crippen LogP contribution in [0.15, 0.2) is 40.6 Å². The van der Waals surface area contributed by atoms with Crippen LogP contribution in [0.25, 0.3) is 0 Å². The highest BCUT2D eigenvalue weighted by Crippen LogP contribution is 2.34. The second-order valence-electron chi connectivity index (χ2n) is 4.31. The number of aliphatic hydroxyl groups is 1. The Hall–Kier alpha value is -1.99. The van der Waals surface area contributed by atoms with E-state index in [9.17, 15) is 15.2 Å². The molecule has 1 atom stereocenters. The van der Waals surface area contributed by atoms with E-state index in [4.69, 9.17) is 0 Å². The average Bonchev–Trinajstić information content (AvgIpc) is 2.41. The monoisotopic (exact) mass is 291 g/mol. The number of aryl methyl sites for hydroxylation is 1. The largest absolute Gasteiger partial charge is 0.389 e. The maximum Gasteiger partial charge on any atom is 0.283 e. The number of nitro benzene ring substituents is 1. The first kappa shape index (κ1) is 14.4. The summed E-state index contributed by atoms with van der Waals surface area (Å²) >= 11 is 1.13. The number of hydrogen-bond donors (Lipinski definition) is 1. The molecule has 0 saturated heterocycles. The zero-order valence-corrected chi connectivity index (χ0v) is 11.8. The molecule has 0 aliphatic carbocycles. The second kappa shape index (κ2) is 5.98. The summed E-state index contributed by atoms with van der Waals surface area (Å²) in [5.74, 6) is 0. The smallest absolute Gasteiger partial charge is 0.283 e. The molecule has 1 heterocycles. The molecule has 2 aromatic rings. The Morgan fingerprint density at radius 1 is 1.35 bits per heavy atom. The maximum absolute atomic E-state index is 11.1. The standard InChI is InChI=1S/C13H13N3O3S/c1-8-6-14-13(15-7-8)20-12-4-3-10(9(2)17)5-11(12)16(18)19/h3-7,9,17H,1-2H3/t9-/m1/s1. The van der Waals surface area contributed by atoms with Gasteiger partial charge in [-0.05, 0) is 42.8 Å². The Kier molecular flexibility index (Phi) is 4.31. The van der Waals surface area contributed by atoms with E-state index in [0.29, 0.717) is 15.6 Å². The summed E-state index contributed by atoms with van der Waals surface area (Å²) in [4.78, 5) is 19.3. The van der Waals surface area contributed by atoms with Gasteiger partial charge in [0, 0.05) is 18.5 Å². The molecule has 1 aromatic heterocycles. The van der Waals surface area contributed by atoms with E-state index in [0.717, 1.165) is 17.3 Å². The fourth-order valence-electron chi connectivity index (χ4n) is 1.56. The van der Waals surface area contributed by atoms with Gasteiger partial charge in [-0.1, -0.05) is 6.07 Å². The first-order valence-electron chi connectivity index (χ1n) is 5.90. The van der Waals surface area contributed by atoms with Gasteiger partial charge in [0.15, 0.2) is 5.16 Å². The first-order chi connectivity index (χ1) is 9.47. The zero-order chi connectivity index (χ0) is 14.7. The Bertz CT molecular complexity index is 629. The predicted molar refractivity (Wildman–Crippen MR) is 74.6 cm³/mol. The van der Waals surface area contributed by atoms with E-state index >= 15 is 0 Å². The fourth-order valence-corrected chi connectivity index (χ4v) is 2.34. The van der Waals surface area contributed by atoms with Gasteiger partial charge in [0.2, 0.25) is 0 Å². The van der Waals surface area contributed by atoms with Gasteiger partial charge in [0.1, 0.15) is 0 Å². The van der Waals surface area contributed by atoms with E-state index in [-0.39, 0.29) is 5.69 Å². The molecule has 0 spiro atoms. The van der Waals surface area contributed by atoms with E-state index in [1.165, 1.54) is 6.07 Å². The van der Waals surface area contributed by atoms with Gasteiger partial charge in [-0.15, -0.1) is 0 Å². The van der Waals surface area contributed by atoms with Crippen molar-refractivity contribution in [3.8, 4) is 0 Å². The summed E-state index contributed by atoms with van der Waals surface area (Å²) in [5, 5.41) is 21.0. The normalized spacial score (nSPS) is 12.2. The minimum Gasteiger partial charge on any atom is -0.389 e. The lowest BCUT2D eigenvalue weighted by molar-refractivity contribution is -0.387. The first-order valence-corrected chi connectivity index (χ1v) is 6.72. The third-order valence-electron chi connectivity index (χ3n) is 2.62. The Balaban J connectivity index is 2.35. The molecule has 7 heteroatoms. The quantitative estimate of drug-likeness (QED) is 0.529. The number of aliphatic hydroxyl groups excluding tert-OH is 1. The van der Waals surface area contributed by atoms with Crippen molar-refractivity contribution in [2.24, 2.45) is 0 Å². The lowest BCUT2D eigenvalue weighted by Crippen LogP contribution is -1.97. The lowest BCUT2D eigenvalue weighted by atomic mass is 10.1.